The molecule has 144 valence electrons. The molecule has 1 aromatic heterocycles. The van der Waals surface area contributed by atoms with Gasteiger partial charge in [-0.1, -0.05) is 13.3 Å². The molecule has 2 aromatic rings. The molecule has 8 heteroatoms. The Balaban J connectivity index is 1.72. The highest BCUT2D eigenvalue weighted by molar-refractivity contribution is 5.77. The Morgan fingerprint density at radius 3 is 2.44 bits per heavy atom. The number of rotatable bonds is 3. The third kappa shape index (κ3) is 3.57. The molecule has 1 N–H and O–H groups in total. The van der Waals surface area contributed by atoms with Gasteiger partial charge in [-0.2, -0.15) is 18.3 Å². The molecule has 0 unspecified atom stereocenters. The molecule has 4 rings (SSSR count). The quantitative estimate of drug-likeness (QED) is 0.873. The van der Waals surface area contributed by atoms with Crippen LogP contribution in [0, 0.1) is 5.92 Å². The molecule has 0 bridgehead atoms. The largest absolute Gasteiger partial charge is 0.416 e. The lowest BCUT2D eigenvalue weighted by Crippen LogP contribution is -2.37. The number of amides is 1. The number of piperidine rings is 1. The Morgan fingerprint density at radius 2 is 1.89 bits per heavy atom. The van der Waals surface area contributed by atoms with Gasteiger partial charge in [0.25, 0.3) is 0 Å². The molecule has 1 saturated heterocycles. The molecule has 2 atom stereocenters. The zero-order chi connectivity index (χ0) is 19.2. The van der Waals surface area contributed by atoms with Gasteiger partial charge in [0.05, 0.1) is 17.3 Å². The number of nitrogens with one attached hydrogen (secondary N) is 1. The van der Waals surface area contributed by atoms with Crippen molar-refractivity contribution in [2.75, 3.05) is 0 Å². The number of halogens is 3. The van der Waals surface area contributed by atoms with E-state index < -0.39 is 11.7 Å². The molecule has 1 amide bonds. The molecule has 2 aliphatic rings. The van der Waals surface area contributed by atoms with Gasteiger partial charge in [-0.3, -0.25) is 4.79 Å². The maximum atomic E-state index is 12.9. The summed E-state index contributed by atoms with van der Waals surface area (Å²) >= 11 is 0. The molecule has 1 aliphatic heterocycles. The third-order valence-corrected chi connectivity index (χ3v) is 5.38. The van der Waals surface area contributed by atoms with Crippen molar-refractivity contribution in [3.8, 4) is 5.69 Å². The fraction of sp³-hybridized carbons (Fsp3) is 0.526. The standard InChI is InChI=1S/C19H21F3N4O/c1-11-9-15(23-16(27)10-11)18-24-17(12-3-2-4-12)25-26(18)14-7-5-13(6-8-14)19(20,21)22/h5-8,11-12,15H,2-4,9-10H2,1H3,(H,23,27)/t11-,15-/m1/s1. The highest BCUT2D eigenvalue weighted by Crippen LogP contribution is 2.37. The van der Waals surface area contributed by atoms with E-state index in [1.165, 1.54) is 12.1 Å². The minimum Gasteiger partial charge on any atom is -0.346 e. The van der Waals surface area contributed by atoms with Crippen molar-refractivity contribution >= 4 is 5.91 Å². The summed E-state index contributed by atoms with van der Waals surface area (Å²) in [6.07, 6.45) is -0.0109. The molecule has 1 saturated carbocycles. The molecular weight excluding hydrogens is 357 g/mol. The molecule has 1 aliphatic carbocycles. The maximum Gasteiger partial charge on any atom is 0.416 e. The van der Waals surface area contributed by atoms with Crippen LogP contribution in [0.3, 0.4) is 0 Å². The topological polar surface area (TPSA) is 59.8 Å². The summed E-state index contributed by atoms with van der Waals surface area (Å²) < 4.78 is 40.2. The van der Waals surface area contributed by atoms with Crippen LogP contribution in [0.15, 0.2) is 24.3 Å². The highest BCUT2D eigenvalue weighted by atomic mass is 19.4. The van der Waals surface area contributed by atoms with Gasteiger partial charge in [0.2, 0.25) is 5.91 Å². The summed E-state index contributed by atoms with van der Waals surface area (Å²) in [5.74, 6) is 1.77. The molecule has 1 aromatic carbocycles. The lowest BCUT2D eigenvalue weighted by atomic mass is 9.85. The molecule has 2 heterocycles. The predicted molar refractivity (Wildman–Crippen MR) is 92.2 cm³/mol. The summed E-state index contributed by atoms with van der Waals surface area (Å²) in [4.78, 5) is 16.7. The minimum atomic E-state index is -4.38. The van der Waals surface area contributed by atoms with E-state index in [4.69, 9.17) is 0 Å². The Kier molecular flexibility index (Phi) is 4.44. The van der Waals surface area contributed by atoms with Crippen molar-refractivity contribution in [3.05, 3.63) is 41.5 Å². The van der Waals surface area contributed by atoms with E-state index in [-0.39, 0.29) is 23.8 Å². The summed E-state index contributed by atoms with van der Waals surface area (Å²) in [6.45, 7) is 2.01. The number of alkyl halides is 3. The number of hydrogen-bond acceptors (Lipinski definition) is 3. The molecule has 27 heavy (non-hydrogen) atoms. The number of hydrogen-bond donors (Lipinski definition) is 1. The van der Waals surface area contributed by atoms with Gasteiger partial charge in [0, 0.05) is 12.3 Å². The number of aromatic nitrogens is 3. The van der Waals surface area contributed by atoms with Gasteiger partial charge in [-0.05, 0) is 49.4 Å². The average molecular weight is 378 g/mol. The molecule has 0 spiro atoms. The van der Waals surface area contributed by atoms with Crippen LogP contribution in [-0.2, 0) is 11.0 Å². The van der Waals surface area contributed by atoms with Crippen molar-refractivity contribution in [2.45, 2.75) is 57.2 Å². The second kappa shape index (κ2) is 6.65. The highest BCUT2D eigenvalue weighted by Gasteiger charge is 2.33. The maximum absolute atomic E-state index is 12.9. The first-order valence-electron chi connectivity index (χ1n) is 9.25. The first-order valence-corrected chi connectivity index (χ1v) is 9.25. The summed E-state index contributed by atoms with van der Waals surface area (Å²) in [5.41, 5.74) is -0.185. The zero-order valence-corrected chi connectivity index (χ0v) is 15.0. The lowest BCUT2D eigenvalue weighted by Gasteiger charge is -2.27. The van der Waals surface area contributed by atoms with E-state index in [0.717, 1.165) is 37.8 Å². The van der Waals surface area contributed by atoms with E-state index in [1.54, 1.807) is 4.68 Å². The second-order valence-electron chi connectivity index (χ2n) is 7.58. The normalized spacial score (nSPS) is 23.8. The molecule has 2 fully saturated rings. The molecule has 0 radical (unpaired) electrons. The predicted octanol–water partition coefficient (Wildman–Crippen LogP) is 4.14. The summed E-state index contributed by atoms with van der Waals surface area (Å²) in [7, 11) is 0. The fourth-order valence-corrected chi connectivity index (χ4v) is 3.67. The Labute approximate surface area is 155 Å². The van der Waals surface area contributed by atoms with E-state index in [1.807, 2.05) is 6.92 Å². The first kappa shape index (κ1) is 18.0. The van der Waals surface area contributed by atoms with E-state index in [2.05, 4.69) is 15.4 Å². The van der Waals surface area contributed by atoms with Crippen LogP contribution < -0.4 is 5.32 Å². The Bertz CT molecular complexity index is 840. The van der Waals surface area contributed by atoms with Crippen molar-refractivity contribution in [1.29, 1.82) is 0 Å². The van der Waals surface area contributed by atoms with Gasteiger partial charge in [0.15, 0.2) is 11.6 Å². The average Bonchev–Trinajstić information content (AvgIpc) is 2.96. The van der Waals surface area contributed by atoms with Crippen LogP contribution >= 0.6 is 0 Å². The van der Waals surface area contributed by atoms with Crippen molar-refractivity contribution < 1.29 is 18.0 Å². The van der Waals surface area contributed by atoms with Gasteiger partial charge in [0.1, 0.15) is 0 Å². The molecule has 5 nitrogen and oxygen atoms in total. The number of benzene rings is 1. The first-order chi connectivity index (χ1) is 12.8. The van der Waals surface area contributed by atoms with Crippen LogP contribution in [0.4, 0.5) is 13.2 Å². The van der Waals surface area contributed by atoms with E-state index >= 15 is 0 Å². The van der Waals surface area contributed by atoms with E-state index in [9.17, 15) is 18.0 Å². The zero-order valence-electron chi connectivity index (χ0n) is 15.0. The van der Waals surface area contributed by atoms with Crippen molar-refractivity contribution in [1.82, 2.24) is 20.1 Å². The van der Waals surface area contributed by atoms with Crippen LogP contribution in [0.1, 0.15) is 68.2 Å². The fourth-order valence-electron chi connectivity index (χ4n) is 3.67. The van der Waals surface area contributed by atoms with Gasteiger partial charge >= 0.3 is 6.18 Å². The van der Waals surface area contributed by atoms with Gasteiger partial charge < -0.3 is 5.32 Å². The monoisotopic (exact) mass is 378 g/mol. The number of carbonyl (C=O) groups excluding carboxylic acids is 1. The Morgan fingerprint density at radius 1 is 1.19 bits per heavy atom. The van der Waals surface area contributed by atoms with Crippen molar-refractivity contribution in [3.63, 3.8) is 0 Å². The van der Waals surface area contributed by atoms with Gasteiger partial charge in [-0.15, -0.1) is 0 Å². The second-order valence-corrected chi connectivity index (χ2v) is 7.58. The van der Waals surface area contributed by atoms with Crippen LogP contribution in [-0.4, -0.2) is 20.7 Å². The number of nitrogens with zero attached hydrogens (tertiary/aromatic N) is 3. The van der Waals surface area contributed by atoms with Crippen LogP contribution in [0.2, 0.25) is 0 Å². The van der Waals surface area contributed by atoms with Gasteiger partial charge in [-0.25, -0.2) is 9.67 Å². The summed E-state index contributed by atoms with van der Waals surface area (Å²) in [6, 6.07) is 4.61. The summed E-state index contributed by atoms with van der Waals surface area (Å²) in [5, 5.41) is 7.55. The minimum absolute atomic E-state index is 0.0362. The van der Waals surface area contributed by atoms with Crippen LogP contribution in [0.5, 0.6) is 0 Å². The Hall–Kier alpha value is -2.38. The lowest BCUT2D eigenvalue weighted by molar-refractivity contribution is -0.137. The smallest absolute Gasteiger partial charge is 0.346 e. The number of carbonyl (C=O) groups is 1. The van der Waals surface area contributed by atoms with E-state index in [0.29, 0.717) is 23.8 Å². The van der Waals surface area contributed by atoms with Crippen molar-refractivity contribution in [2.24, 2.45) is 5.92 Å². The molecular formula is C19H21F3N4O. The third-order valence-electron chi connectivity index (χ3n) is 5.38. The SMILES string of the molecule is C[C@H]1CC(=O)N[C@@H](c2nc(C3CCC3)nn2-c2ccc(C(F)(F)F)cc2)C1. The van der Waals surface area contributed by atoms with Crippen LogP contribution in [0.25, 0.3) is 5.69 Å².